The molecule has 0 unspecified atom stereocenters. The van der Waals surface area contributed by atoms with Crippen molar-refractivity contribution in [3.8, 4) is 17.1 Å². The van der Waals surface area contributed by atoms with Crippen LogP contribution in [-0.2, 0) is 14.8 Å². The highest BCUT2D eigenvalue weighted by atomic mass is 32.2. The number of likely N-dealkylation sites (N-methyl/N-ethyl adjacent to an activating group) is 1. The Morgan fingerprint density at radius 3 is 2.36 bits per heavy atom. The van der Waals surface area contributed by atoms with Crippen LogP contribution in [0.25, 0.3) is 11.3 Å². The molecule has 11 nitrogen and oxygen atoms in total. The van der Waals surface area contributed by atoms with Crippen molar-refractivity contribution < 1.29 is 22.7 Å². The Labute approximate surface area is 277 Å². The molecule has 1 saturated heterocycles. The van der Waals surface area contributed by atoms with Gasteiger partial charge in [-0.25, -0.2) is 18.1 Å². The zero-order valence-corrected chi connectivity index (χ0v) is 28.6. The van der Waals surface area contributed by atoms with E-state index < -0.39 is 10.0 Å². The number of aryl methyl sites for hydroxylation is 2. The lowest BCUT2D eigenvalue weighted by Gasteiger charge is -2.47. The monoisotopic (exact) mass is 660 g/mol. The minimum absolute atomic E-state index is 0.0665. The average Bonchev–Trinajstić information content (AvgIpc) is 3.00. The van der Waals surface area contributed by atoms with Crippen molar-refractivity contribution in [2.24, 2.45) is 11.8 Å². The summed E-state index contributed by atoms with van der Waals surface area (Å²) in [5.74, 6) is 0.0477. The number of carbonyl (C=O) groups is 2. The van der Waals surface area contributed by atoms with Gasteiger partial charge in [0.05, 0.1) is 16.6 Å². The number of nitrogens with one attached hydrogen (secondary N) is 1. The second-order valence-electron chi connectivity index (χ2n) is 13.6. The molecule has 6 rings (SSSR count). The van der Waals surface area contributed by atoms with E-state index >= 15 is 0 Å². The fraction of sp³-hybridized carbons (Fsp3) is 0.486. The maximum atomic E-state index is 14.4. The summed E-state index contributed by atoms with van der Waals surface area (Å²) in [5, 5.41) is 0. The van der Waals surface area contributed by atoms with Crippen molar-refractivity contribution in [3.05, 3.63) is 65.2 Å². The van der Waals surface area contributed by atoms with E-state index in [0.29, 0.717) is 38.0 Å². The van der Waals surface area contributed by atoms with E-state index in [-0.39, 0.29) is 64.6 Å². The Morgan fingerprint density at radius 2 is 1.68 bits per heavy atom. The van der Waals surface area contributed by atoms with Crippen LogP contribution in [0.15, 0.2) is 53.4 Å². The van der Waals surface area contributed by atoms with Crippen molar-refractivity contribution in [1.82, 2.24) is 24.7 Å². The highest BCUT2D eigenvalue weighted by Crippen LogP contribution is 2.37. The summed E-state index contributed by atoms with van der Waals surface area (Å²) in [6.07, 6.45) is 1.76. The van der Waals surface area contributed by atoms with Gasteiger partial charge in [0.1, 0.15) is 6.61 Å². The fourth-order valence-electron chi connectivity index (χ4n) is 6.93. The molecule has 0 spiro atoms. The van der Waals surface area contributed by atoms with Gasteiger partial charge in [-0.1, -0.05) is 38.1 Å². The lowest BCUT2D eigenvalue weighted by molar-refractivity contribution is -0.142. The van der Waals surface area contributed by atoms with Gasteiger partial charge in [0.2, 0.25) is 17.7 Å². The van der Waals surface area contributed by atoms with E-state index in [1.165, 1.54) is 12.1 Å². The summed E-state index contributed by atoms with van der Waals surface area (Å²) >= 11 is 0. The molecule has 3 aliphatic rings. The number of aromatic nitrogens is 2. The Kier molecular flexibility index (Phi) is 9.26. The molecule has 1 atom stereocenters. The van der Waals surface area contributed by atoms with Crippen LogP contribution in [0.4, 0.5) is 5.95 Å². The fourth-order valence-corrected chi connectivity index (χ4v) is 7.92. The quantitative estimate of drug-likeness (QED) is 0.428. The lowest BCUT2D eigenvalue weighted by Crippen LogP contribution is -2.58. The van der Waals surface area contributed by atoms with Gasteiger partial charge in [-0.15, -0.1) is 0 Å². The van der Waals surface area contributed by atoms with Crippen LogP contribution in [0, 0.1) is 25.7 Å². The van der Waals surface area contributed by atoms with Crippen LogP contribution >= 0.6 is 0 Å². The number of rotatable bonds is 5. The molecule has 1 aromatic heterocycles. The van der Waals surface area contributed by atoms with E-state index in [1.807, 2.05) is 41.8 Å². The largest absolute Gasteiger partial charge is 0.475 e. The predicted octanol–water partition coefficient (Wildman–Crippen LogP) is 4.36. The SMILES string of the molecule is Cc1cccc(C)c1-c1cc2nc(n1)NS(=O)(=O)c1cccc(c1)C(=O)N(C1CC(C(=O)N3CCN(C)CC3)C1)[C@H](CC(C)C)CO2. The minimum Gasteiger partial charge on any atom is -0.475 e. The first-order valence-corrected chi connectivity index (χ1v) is 17.9. The highest BCUT2D eigenvalue weighted by molar-refractivity contribution is 7.92. The third kappa shape index (κ3) is 6.99. The van der Waals surface area contributed by atoms with Crippen molar-refractivity contribution in [2.45, 2.75) is 63.9 Å². The van der Waals surface area contributed by atoms with Crippen LogP contribution in [0.5, 0.6) is 5.88 Å². The summed E-state index contributed by atoms with van der Waals surface area (Å²) in [6.45, 7) is 11.4. The highest BCUT2D eigenvalue weighted by Gasteiger charge is 2.44. The molecule has 3 heterocycles. The number of sulfonamides is 1. The minimum atomic E-state index is -4.15. The number of benzene rings is 2. The van der Waals surface area contributed by atoms with Crippen molar-refractivity contribution in [3.63, 3.8) is 0 Å². The molecule has 12 heteroatoms. The first-order chi connectivity index (χ1) is 22.4. The number of amides is 2. The zero-order valence-electron chi connectivity index (χ0n) is 27.8. The summed E-state index contributed by atoms with van der Waals surface area (Å²) in [7, 11) is -2.09. The number of nitrogens with zero attached hydrogens (tertiary/aromatic N) is 5. The van der Waals surface area contributed by atoms with E-state index in [0.717, 1.165) is 29.8 Å². The second kappa shape index (κ2) is 13.2. The molecule has 2 aromatic carbocycles. The molecular weight excluding hydrogens is 616 g/mol. The standard InChI is InChI=1S/C35H44N6O5S/c1-22(2)16-28-21-46-31-20-30(32-23(3)8-6-9-24(32)4)36-35(37-31)38-47(44,45)29-11-7-10-25(19-29)34(43)41(28)27-17-26(18-27)33(42)40-14-12-39(5)13-15-40/h6-11,19-20,22,26-28H,12-18,21H2,1-5H3,(H,36,37,38)/t26?,27?,28-/m1/s1. The Bertz CT molecular complexity index is 1750. The molecule has 250 valence electrons. The second-order valence-corrected chi connectivity index (χ2v) is 15.3. The molecule has 1 aliphatic carbocycles. The number of hydrogen-bond donors (Lipinski definition) is 1. The lowest BCUT2D eigenvalue weighted by atomic mass is 9.77. The third-order valence-corrected chi connectivity index (χ3v) is 10.8. The van der Waals surface area contributed by atoms with E-state index in [1.54, 1.807) is 18.2 Å². The number of carbonyl (C=O) groups excluding carboxylic acids is 2. The van der Waals surface area contributed by atoms with Crippen molar-refractivity contribution in [1.29, 1.82) is 0 Å². The van der Waals surface area contributed by atoms with Gasteiger partial charge >= 0.3 is 0 Å². The van der Waals surface area contributed by atoms with Gasteiger partial charge in [0.25, 0.3) is 15.9 Å². The van der Waals surface area contributed by atoms with Crippen LogP contribution in [0.3, 0.4) is 0 Å². The zero-order chi connectivity index (χ0) is 33.5. The Hall–Kier alpha value is -4.03. The molecule has 4 bridgehead atoms. The maximum Gasteiger partial charge on any atom is 0.264 e. The summed E-state index contributed by atoms with van der Waals surface area (Å²) in [5.41, 5.74) is 3.62. The van der Waals surface area contributed by atoms with Gasteiger partial charge in [-0.2, -0.15) is 4.98 Å². The molecule has 1 N–H and O–H groups in total. The van der Waals surface area contributed by atoms with E-state index in [4.69, 9.17) is 4.74 Å². The number of hydrogen-bond acceptors (Lipinski definition) is 8. The Morgan fingerprint density at radius 1 is 1.00 bits per heavy atom. The number of anilines is 1. The molecule has 2 amide bonds. The molecule has 3 aromatic rings. The van der Waals surface area contributed by atoms with Crippen LogP contribution in [0.1, 0.15) is 54.6 Å². The van der Waals surface area contributed by atoms with Crippen LogP contribution < -0.4 is 9.46 Å². The molecule has 2 aliphatic heterocycles. The van der Waals surface area contributed by atoms with Crippen LogP contribution in [-0.4, -0.2) is 96.8 Å². The maximum absolute atomic E-state index is 14.4. The molecule has 2 fully saturated rings. The van der Waals surface area contributed by atoms with Gasteiger partial charge in [-0.3, -0.25) is 9.59 Å². The van der Waals surface area contributed by atoms with E-state index in [2.05, 4.69) is 40.5 Å². The molecular formula is C35H44N6O5S. The van der Waals surface area contributed by atoms with Crippen molar-refractivity contribution >= 4 is 27.8 Å². The normalized spacial score (nSPS) is 23.1. The van der Waals surface area contributed by atoms with E-state index in [9.17, 15) is 18.0 Å². The summed E-state index contributed by atoms with van der Waals surface area (Å²) < 4.78 is 36.2. The molecule has 47 heavy (non-hydrogen) atoms. The number of ether oxygens (including phenoxy) is 1. The van der Waals surface area contributed by atoms with Gasteiger partial charge in [0.15, 0.2) is 0 Å². The van der Waals surface area contributed by atoms with Crippen molar-refractivity contribution in [2.75, 3.05) is 44.6 Å². The molecule has 0 radical (unpaired) electrons. The third-order valence-electron chi connectivity index (χ3n) is 9.52. The predicted molar refractivity (Wildman–Crippen MR) is 180 cm³/mol. The van der Waals surface area contributed by atoms with Gasteiger partial charge < -0.3 is 19.4 Å². The summed E-state index contributed by atoms with van der Waals surface area (Å²) in [4.78, 5) is 42.8. The first-order valence-electron chi connectivity index (χ1n) is 16.4. The number of piperazine rings is 1. The summed E-state index contributed by atoms with van der Waals surface area (Å²) in [6, 6.07) is 13.2. The molecule has 1 saturated carbocycles. The van der Waals surface area contributed by atoms with Crippen LogP contribution in [0.2, 0.25) is 0 Å². The Balaban J connectivity index is 1.38. The topological polar surface area (TPSA) is 125 Å². The first kappa shape index (κ1) is 32.9. The average molecular weight is 661 g/mol. The van der Waals surface area contributed by atoms with Gasteiger partial charge in [-0.05, 0) is 75.4 Å². The number of fused-ring (bicyclic) bond motifs is 4. The van der Waals surface area contributed by atoms with Gasteiger partial charge in [0, 0.05) is 55.3 Å². The smallest absolute Gasteiger partial charge is 0.264 e.